The van der Waals surface area contributed by atoms with E-state index in [1.165, 1.54) is 135 Å². The van der Waals surface area contributed by atoms with Crippen LogP contribution in [0.2, 0.25) is 0 Å². The van der Waals surface area contributed by atoms with Gasteiger partial charge in [0.05, 0.1) is 0 Å². The van der Waals surface area contributed by atoms with Gasteiger partial charge < -0.3 is 14.2 Å². The Bertz CT molecular complexity index is 1170. The largest absolute Gasteiger partial charge is 0.462 e. The number of hydrogen-bond acceptors (Lipinski definition) is 6. The number of unbranched alkanes of at least 4 members (excludes halogenated alkanes) is 28. The first-order chi connectivity index (χ1) is 31.5. The molecule has 0 radical (unpaired) electrons. The number of carbonyl (C=O) groups excluding carboxylic acids is 3. The predicted octanol–water partition coefficient (Wildman–Crippen LogP) is 18.0. The monoisotopic (exact) mass is 895 g/mol. The molecule has 0 aliphatic heterocycles. The van der Waals surface area contributed by atoms with Gasteiger partial charge in [0.15, 0.2) is 6.10 Å². The summed E-state index contributed by atoms with van der Waals surface area (Å²) in [6.07, 6.45) is 65.1. The number of rotatable bonds is 49. The Morgan fingerprint density at radius 2 is 0.609 bits per heavy atom. The van der Waals surface area contributed by atoms with Crippen molar-refractivity contribution in [3.8, 4) is 0 Å². The van der Waals surface area contributed by atoms with E-state index in [1.54, 1.807) is 0 Å². The van der Waals surface area contributed by atoms with E-state index >= 15 is 0 Å². The van der Waals surface area contributed by atoms with Crippen molar-refractivity contribution in [2.24, 2.45) is 0 Å². The molecule has 0 N–H and O–H groups in total. The first-order valence-electron chi connectivity index (χ1n) is 27.3. The van der Waals surface area contributed by atoms with Gasteiger partial charge in [-0.1, -0.05) is 248 Å². The normalized spacial score (nSPS) is 12.5. The Morgan fingerprint density at radius 3 is 0.953 bits per heavy atom. The highest BCUT2D eigenvalue weighted by Gasteiger charge is 2.19. The second-order valence-electron chi connectivity index (χ2n) is 18.1. The zero-order chi connectivity index (χ0) is 46.5. The minimum absolute atomic E-state index is 0.0729. The molecule has 6 nitrogen and oxygen atoms in total. The molecule has 0 saturated carbocycles. The summed E-state index contributed by atoms with van der Waals surface area (Å²) >= 11 is 0. The lowest BCUT2D eigenvalue weighted by Gasteiger charge is -2.18. The summed E-state index contributed by atoms with van der Waals surface area (Å²) in [6, 6.07) is 0. The minimum Gasteiger partial charge on any atom is -0.462 e. The molecule has 0 fully saturated rings. The second-order valence-corrected chi connectivity index (χ2v) is 18.1. The average Bonchev–Trinajstić information content (AvgIpc) is 3.29. The van der Waals surface area contributed by atoms with Gasteiger partial charge >= 0.3 is 17.9 Å². The molecule has 1 unspecified atom stereocenters. The van der Waals surface area contributed by atoms with Crippen LogP contribution in [0.3, 0.4) is 0 Å². The third-order valence-corrected chi connectivity index (χ3v) is 11.8. The van der Waals surface area contributed by atoms with Crippen LogP contribution in [0.1, 0.15) is 271 Å². The highest BCUT2D eigenvalue weighted by molar-refractivity contribution is 5.71. The van der Waals surface area contributed by atoms with Gasteiger partial charge in [0.1, 0.15) is 13.2 Å². The summed E-state index contributed by atoms with van der Waals surface area (Å²) in [5.74, 6) is -0.877. The fourth-order valence-corrected chi connectivity index (χ4v) is 7.70. The maximum absolute atomic E-state index is 12.8. The molecule has 1 atom stereocenters. The number of allylic oxidation sites excluding steroid dienone is 10. The molecule has 0 aromatic rings. The Morgan fingerprint density at radius 1 is 0.328 bits per heavy atom. The van der Waals surface area contributed by atoms with Crippen LogP contribution >= 0.6 is 0 Å². The van der Waals surface area contributed by atoms with E-state index in [0.717, 1.165) is 96.3 Å². The first kappa shape index (κ1) is 61.1. The highest BCUT2D eigenvalue weighted by atomic mass is 16.6. The minimum atomic E-state index is -0.770. The van der Waals surface area contributed by atoms with Gasteiger partial charge in [0.2, 0.25) is 0 Å². The number of ether oxygens (including phenoxy) is 3. The average molecular weight is 895 g/mol. The maximum Gasteiger partial charge on any atom is 0.306 e. The highest BCUT2D eigenvalue weighted by Crippen LogP contribution is 2.16. The summed E-state index contributed by atoms with van der Waals surface area (Å²) in [4.78, 5) is 37.8. The summed E-state index contributed by atoms with van der Waals surface area (Å²) in [5.41, 5.74) is 0. The van der Waals surface area contributed by atoms with Crippen LogP contribution in [-0.4, -0.2) is 37.2 Å². The van der Waals surface area contributed by atoms with E-state index in [1.807, 2.05) is 0 Å². The molecule has 0 bridgehead atoms. The number of hydrogen-bond donors (Lipinski definition) is 0. The fourth-order valence-electron chi connectivity index (χ4n) is 7.70. The van der Waals surface area contributed by atoms with Crippen LogP contribution in [0.5, 0.6) is 0 Å². The van der Waals surface area contributed by atoms with Crippen molar-refractivity contribution in [1.29, 1.82) is 0 Å². The quantitative estimate of drug-likeness (QED) is 0.0262. The van der Waals surface area contributed by atoms with Crippen LogP contribution in [0.4, 0.5) is 0 Å². The third kappa shape index (κ3) is 50.1. The summed E-state index contributed by atoms with van der Waals surface area (Å²) in [7, 11) is 0. The lowest BCUT2D eigenvalue weighted by Crippen LogP contribution is -2.30. The van der Waals surface area contributed by atoms with Gasteiger partial charge in [-0.25, -0.2) is 0 Å². The molecule has 6 heteroatoms. The molecule has 0 aliphatic rings. The van der Waals surface area contributed by atoms with Gasteiger partial charge in [0, 0.05) is 19.3 Å². The van der Waals surface area contributed by atoms with Gasteiger partial charge in [-0.3, -0.25) is 14.4 Å². The Labute approximate surface area is 396 Å². The lowest BCUT2D eigenvalue weighted by atomic mass is 10.0. The van der Waals surface area contributed by atoms with Crippen molar-refractivity contribution >= 4 is 17.9 Å². The Kier molecular flexibility index (Phi) is 50.4. The van der Waals surface area contributed by atoms with E-state index in [0.29, 0.717) is 19.3 Å². The van der Waals surface area contributed by atoms with Crippen LogP contribution in [0, 0.1) is 0 Å². The van der Waals surface area contributed by atoms with Crippen LogP contribution in [-0.2, 0) is 28.6 Å². The third-order valence-electron chi connectivity index (χ3n) is 11.8. The van der Waals surface area contributed by atoms with Crippen LogP contribution in [0.15, 0.2) is 60.8 Å². The first-order valence-corrected chi connectivity index (χ1v) is 27.3. The van der Waals surface area contributed by atoms with Crippen molar-refractivity contribution in [3.05, 3.63) is 60.8 Å². The molecule has 0 aromatic heterocycles. The molecule has 0 amide bonds. The summed E-state index contributed by atoms with van der Waals surface area (Å²) in [6.45, 7) is 6.49. The molecule has 370 valence electrons. The molecule has 0 rings (SSSR count). The summed E-state index contributed by atoms with van der Waals surface area (Å²) in [5, 5.41) is 0. The van der Waals surface area contributed by atoms with Crippen molar-refractivity contribution in [1.82, 2.24) is 0 Å². The van der Waals surface area contributed by atoms with E-state index in [2.05, 4.69) is 81.5 Å². The van der Waals surface area contributed by atoms with Crippen molar-refractivity contribution in [2.75, 3.05) is 13.2 Å². The van der Waals surface area contributed by atoms with Gasteiger partial charge in [-0.05, 0) is 64.2 Å². The van der Waals surface area contributed by atoms with Gasteiger partial charge in [0.25, 0.3) is 0 Å². The Hall–Kier alpha value is -2.89. The van der Waals surface area contributed by atoms with Crippen molar-refractivity contribution in [2.45, 2.75) is 277 Å². The lowest BCUT2D eigenvalue weighted by molar-refractivity contribution is -0.167. The molecular formula is C58H102O6. The van der Waals surface area contributed by atoms with E-state index in [-0.39, 0.29) is 31.1 Å². The smallest absolute Gasteiger partial charge is 0.306 e. The topological polar surface area (TPSA) is 78.9 Å². The van der Waals surface area contributed by atoms with Gasteiger partial charge in [-0.2, -0.15) is 0 Å². The standard InChI is InChI=1S/C58H102O6/c1-4-7-10-13-16-18-20-22-24-25-26-27-28-29-30-31-32-33-34-36-37-39-42-45-48-51-57(60)63-54-55(53-62-56(59)50-47-44-41-15-12-9-6-3)64-58(61)52-49-46-43-40-38-35-23-21-19-17-14-11-8-5-2/h7,10,16,18,22,24,26-27,29-30,55H,4-6,8-9,11-15,17,19-21,23,25,28,31-54H2,1-3H3/b10-7-,18-16-,24-22-,27-26-,30-29-. The second kappa shape index (κ2) is 52.7. The molecule has 0 spiro atoms. The number of carbonyl (C=O) groups is 3. The Balaban J connectivity index is 4.17. The van der Waals surface area contributed by atoms with Crippen LogP contribution in [0.25, 0.3) is 0 Å². The van der Waals surface area contributed by atoms with E-state index in [4.69, 9.17) is 14.2 Å². The molecule has 0 heterocycles. The fraction of sp³-hybridized carbons (Fsp3) is 0.776. The number of esters is 3. The van der Waals surface area contributed by atoms with Crippen molar-refractivity contribution in [3.63, 3.8) is 0 Å². The zero-order valence-corrected chi connectivity index (χ0v) is 42.3. The summed E-state index contributed by atoms with van der Waals surface area (Å²) < 4.78 is 16.8. The predicted molar refractivity (Wildman–Crippen MR) is 275 cm³/mol. The molecule has 64 heavy (non-hydrogen) atoms. The van der Waals surface area contributed by atoms with Gasteiger partial charge in [-0.15, -0.1) is 0 Å². The van der Waals surface area contributed by atoms with E-state index < -0.39 is 6.10 Å². The SMILES string of the molecule is CC/C=C\C/C=C\C/C=C\C/C=C\C/C=C\CCCCCCCCCCCC(=O)OCC(COC(=O)CCCCCCCCC)OC(=O)CCCCCCCCCCCCCCCC. The molecule has 0 saturated heterocycles. The molecule has 0 aromatic carbocycles. The van der Waals surface area contributed by atoms with E-state index in [9.17, 15) is 14.4 Å². The molecule has 0 aliphatic carbocycles. The maximum atomic E-state index is 12.8. The van der Waals surface area contributed by atoms with Crippen molar-refractivity contribution < 1.29 is 28.6 Å². The van der Waals surface area contributed by atoms with Crippen LogP contribution < -0.4 is 0 Å². The zero-order valence-electron chi connectivity index (χ0n) is 42.3. The molecular weight excluding hydrogens is 793 g/mol.